The van der Waals surface area contributed by atoms with E-state index in [0.717, 1.165) is 31.4 Å². The lowest BCUT2D eigenvalue weighted by Crippen LogP contribution is -2.26. The first-order chi connectivity index (χ1) is 11.4. The summed E-state index contributed by atoms with van der Waals surface area (Å²) in [5.74, 6) is -0.957. The summed E-state index contributed by atoms with van der Waals surface area (Å²) in [4.78, 5) is 30.5. The number of halogens is 4. The van der Waals surface area contributed by atoms with Crippen molar-refractivity contribution in [2.45, 2.75) is 6.92 Å². The molecule has 0 atom stereocenters. The molecular weight excluding hydrogens is 393 g/mol. The Morgan fingerprint density at radius 3 is 2.50 bits per heavy atom. The molecule has 0 aliphatic carbocycles. The number of fused-ring (bicyclic) bond motifs is 1. The first kappa shape index (κ1) is 17.9. The van der Waals surface area contributed by atoms with Crippen molar-refractivity contribution in [2.75, 3.05) is 6.93 Å². The SMILES string of the molecule is Cc1cc(-n2c(=O)cc(F)n3cnc(=O)nc23)ccc1Br.FCF. The molecular formula is C14H10BrF3N4O2. The van der Waals surface area contributed by atoms with Crippen LogP contribution in [0.1, 0.15) is 5.56 Å². The van der Waals surface area contributed by atoms with Gasteiger partial charge in [-0.3, -0.25) is 4.79 Å². The third-order valence-electron chi connectivity index (χ3n) is 2.99. The molecule has 0 aliphatic rings. The van der Waals surface area contributed by atoms with E-state index in [2.05, 4.69) is 25.9 Å². The van der Waals surface area contributed by atoms with E-state index < -0.39 is 24.1 Å². The van der Waals surface area contributed by atoms with Gasteiger partial charge in [-0.05, 0) is 30.7 Å². The molecule has 0 bridgehead atoms. The van der Waals surface area contributed by atoms with Crippen LogP contribution in [0.25, 0.3) is 11.5 Å². The first-order valence-electron chi connectivity index (χ1n) is 6.44. The van der Waals surface area contributed by atoms with Crippen LogP contribution < -0.4 is 11.2 Å². The second kappa shape index (κ2) is 7.39. The first-order valence-corrected chi connectivity index (χ1v) is 7.23. The van der Waals surface area contributed by atoms with Crippen molar-refractivity contribution in [1.82, 2.24) is 18.9 Å². The van der Waals surface area contributed by atoms with E-state index >= 15 is 0 Å². The average molecular weight is 403 g/mol. The second-order valence-corrected chi connectivity index (χ2v) is 5.34. The molecule has 1 aromatic carbocycles. The lowest BCUT2D eigenvalue weighted by Gasteiger charge is -2.11. The minimum absolute atomic E-state index is 0.123. The Balaban J connectivity index is 0.000000647. The van der Waals surface area contributed by atoms with E-state index in [1.165, 1.54) is 0 Å². The summed E-state index contributed by atoms with van der Waals surface area (Å²) in [6, 6.07) is 5.98. The van der Waals surface area contributed by atoms with Gasteiger partial charge in [-0.1, -0.05) is 15.9 Å². The molecule has 2 aromatic heterocycles. The van der Waals surface area contributed by atoms with Crippen LogP contribution in [-0.4, -0.2) is 25.9 Å². The van der Waals surface area contributed by atoms with Gasteiger partial charge < -0.3 is 0 Å². The normalized spacial score (nSPS) is 10.4. The van der Waals surface area contributed by atoms with E-state index in [1.54, 1.807) is 18.2 Å². The van der Waals surface area contributed by atoms with Crippen molar-refractivity contribution in [2.24, 2.45) is 0 Å². The van der Waals surface area contributed by atoms with Crippen LogP contribution >= 0.6 is 15.9 Å². The van der Waals surface area contributed by atoms with Crippen molar-refractivity contribution in [3.8, 4) is 5.69 Å². The fourth-order valence-electron chi connectivity index (χ4n) is 1.98. The van der Waals surface area contributed by atoms with Crippen molar-refractivity contribution in [1.29, 1.82) is 0 Å². The highest BCUT2D eigenvalue weighted by atomic mass is 79.9. The fraction of sp³-hybridized carbons (Fsp3) is 0.143. The maximum Gasteiger partial charge on any atom is 0.371 e. The van der Waals surface area contributed by atoms with Gasteiger partial charge >= 0.3 is 5.69 Å². The zero-order valence-electron chi connectivity index (χ0n) is 12.2. The second-order valence-electron chi connectivity index (χ2n) is 4.48. The Morgan fingerprint density at radius 2 is 1.88 bits per heavy atom. The molecule has 3 rings (SSSR count). The van der Waals surface area contributed by atoms with E-state index in [-0.39, 0.29) is 5.78 Å². The van der Waals surface area contributed by atoms with Gasteiger partial charge in [0.2, 0.25) is 18.7 Å². The van der Waals surface area contributed by atoms with Crippen molar-refractivity contribution in [3.05, 3.63) is 67.4 Å². The molecule has 126 valence electrons. The zero-order chi connectivity index (χ0) is 17.9. The molecule has 0 saturated carbocycles. The van der Waals surface area contributed by atoms with Crippen LogP contribution in [0, 0.1) is 12.9 Å². The number of rotatable bonds is 1. The Labute approximate surface area is 141 Å². The number of aromatic nitrogens is 4. The van der Waals surface area contributed by atoms with E-state index in [4.69, 9.17) is 0 Å². The van der Waals surface area contributed by atoms with E-state index in [1.807, 2.05) is 6.92 Å². The molecule has 10 heteroatoms. The maximum absolute atomic E-state index is 13.8. The van der Waals surface area contributed by atoms with Crippen molar-refractivity contribution in [3.63, 3.8) is 0 Å². The fourth-order valence-corrected chi connectivity index (χ4v) is 2.23. The molecule has 24 heavy (non-hydrogen) atoms. The summed E-state index contributed by atoms with van der Waals surface area (Å²) in [6.07, 6.45) is 1.00. The quantitative estimate of drug-likeness (QED) is 0.585. The molecule has 3 aromatic rings. The molecule has 0 aliphatic heterocycles. The summed E-state index contributed by atoms with van der Waals surface area (Å²) in [7, 11) is 0. The van der Waals surface area contributed by atoms with Crippen LogP contribution in [0.15, 0.2) is 44.7 Å². The summed E-state index contributed by atoms with van der Waals surface area (Å²) >= 11 is 3.37. The highest BCUT2D eigenvalue weighted by molar-refractivity contribution is 9.10. The Hall–Kier alpha value is -2.49. The number of aryl methyl sites for hydroxylation is 1. The largest absolute Gasteiger partial charge is 0.371 e. The smallest absolute Gasteiger partial charge is 0.269 e. The molecule has 0 amide bonds. The van der Waals surface area contributed by atoms with Gasteiger partial charge in [-0.15, -0.1) is 0 Å². The van der Waals surface area contributed by atoms with Gasteiger partial charge in [0.1, 0.15) is 6.33 Å². The number of benzene rings is 1. The highest BCUT2D eigenvalue weighted by Crippen LogP contribution is 2.19. The predicted octanol–water partition coefficient (Wildman–Crippen LogP) is 2.33. The zero-order valence-corrected chi connectivity index (χ0v) is 13.8. The molecule has 0 radical (unpaired) electrons. The average Bonchev–Trinajstić information content (AvgIpc) is 2.51. The Morgan fingerprint density at radius 1 is 1.21 bits per heavy atom. The van der Waals surface area contributed by atoms with Crippen LogP contribution in [0.2, 0.25) is 0 Å². The van der Waals surface area contributed by atoms with Gasteiger partial charge in [0.05, 0.1) is 11.8 Å². The molecule has 0 saturated heterocycles. The molecule has 0 N–H and O–H groups in total. The lowest BCUT2D eigenvalue weighted by atomic mass is 10.2. The van der Waals surface area contributed by atoms with Crippen molar-refractivity contribution >= 4 is 21.7 Å². The van der Waals surface area contributed by atoms with Crippen molar-refractivity contribution < 1.29 is 13.2 Å². The highest BCUT2D eigenvalue weighted by Gasteiger charge is 2.12. The van der Waals surface area contributed by atoms with Gasteiger partial charge in [0.15, 0.2) is 0 Å². The summed E-state index contributed by atoms with van der Waals surface area (Å²) in [6.45, 7) is 0.103. The van der Waals surface area contributed by atoms with Gasteiger partial charge in [-0.25, -0.2) is 22.5 Å². The van der Waals surface area contributed by atoms with E-state index in [0.29, 0.717) is 5.69 Å². The van der Waals surface area contributed by atoms with E-state index in [9.17, 15) is 22.8 Å². The lowest BCUT2D eigenvalue weighted by molar-refractivity contribution is 0.295. The standard InChI is InChI=1S/C13H8BrFN4O2.CH2F2/c1-7-4-8(2-3-9(7)14)19-11(20)5-10(15)18-6-16-12(21)17-13(18)19;2-1-3/h2-6H,1H3;1H2. The van der Waals surface area contributed by atoms with Crippen LogP contribution in [-0.2, 0) is 0 Å². The van der Waals surface area contributed by atoms with Crippen LogP contribution in [0.5, 0.6) is 0 Å². The van der Waals surface area contributed by atoms with Crippen LogP contribution in [0.3, 0.4) is 0 Å². The minimum Gasteiger partial charge on any atom is -0.269 e. The van der Waals surface area contributed by atoms with Gasteiger partial charge in [0, 0.05) is 4.47 Å². The molecule has 0 fully saturated rings. The summed E-state index contributed by atoms with van der Waals surface area (Å²) in [5, 5.41) is 0. The number of alkyl halides is 2. The van der Waals surface area contributed by atoms with Crippen LogP contribution in [0.4, 0.5) is 13.2 Å². The Bertz CT molecular complexity index is 1000. The third kappa shape index (κ3) is 3.53. The number of hydrogen-bond acceptors (Lipinski definition) is 4. The van der Waals surface area contributed by atoms with Gasteiger partial charge in [0.25, 0.3) is 5.56 Å². The number of hydrogen-bond donors (Lipinski definition) is 0. The predicted molar refractivity (Wildman–Crippen MR) is 84.3 cm³/mol. The number of nitrogens with zero attached hydrogens (tertiary/aromatic N) is 4. The molecule has 2 heterocycles. The monoisotopic (exact) mass is 402 g/mol. The molecule has 0 unspecified atom stereocenters. The third-order valence-corrected chi connectivity index (χ3v) is 3.88. The minimum atomic E-state index is -1.75. The maximum atomic E-state index is 13.8. The summed E-state index contributed by atoms with van der Waals surface area (Å²) < 4.78 is 36.0. The molecule has 0 spiro atoms. The topological polar surface area (TPSA) is 69.3 Å². The van der Waals surface area contributed by atoms with Gasteiger partial charge in [-0.2, -0.15) is 14.4 Å². The molecule has 6 nitrogen and oxygen atoms in total. The summed E-state index contributed by atoms with van der Waals surface area (Å²) in [5.41, 5.74) is -0.0375. The Kier molecular flexibility index (Phi) is 5.50.